The van der Waals surface area contributed by atoms with Crippen molar-refractivity contribution >= 4 is 5.97 Å². The highest BCUT2D eigenvalue weighted by Crippen LogP contribution is 2.17. The van der Waals surface area contributed by atoms with E-state index in [1.54, 1.807) is 24.3 Å². The zero-order valence-corrected chi connectivity index (χ0v) is 7.47. The van der Waals surface area contributed by atoms with E-state index in [4.69, 9.17) is 11.5 Å². The van der Waals surface area contributed by atoms with Gasteiger partial charge in [-0.2, -0.15) is 0 Å². The lowest BCUT2D eigenvalue weighted by molar-refractivity contribution is -0.139. The topological polar surface area (TPSA) is 57.5 Å². The smallest absolute Gasteiger partial charge is 0.306 e. The van der Waals surface area contributed by atoms with E-state index in [1.165, 1.54) is 0 Å². The molecule has 1 aromatic carbocycles. The molecule has 0 spiro atoms. The Bertz CT molecular complexity index is 376. The maximum absolute atomic E-state index is 10.3. The lowest BCUT2D eigenvalue weighted by Crippen LogP contribution is -2.05. The molecule has 1 rings (SSSR count). The number of carboxylic acid groups (broad SMARTS) is 1. The largest absolute Gasteiger partial charge is 0.481 e. The second-order valence-electron chi connectivity index (χ2n) is 2.88. The van der Waals surface area contributed by atoms with E-state index < -0.39 is 12.1 Å². The van der Waals surface area contributed by atoms with Crippen molar-refractivity contribution < 1.29 is 15.0 Å². The van der Waals surface area contributed by atoms with Crippen molar-refractivity contribution in [3.8, 4) is 12.3 Å². The van der Waals surface area contributed by atoms with Crippen LogP contribution in [-0.4, -0.2) is 16.2 Å². The van der Waals surface area contributed by atoms with E-state index in [0.717, 1.165) is 0 Å². The van der Waals surface area contributed by atoms with Gasteiger partial charge in [-0.05, 0) is 17.7 Å². The molecule has 1 atom stereocenters. The highest BCUT2D eigenvalue weighted by Gasteiger charge is 2.11. The molecular formula is C11H10O3. The summed E-state index contributed by atoms with van der Waals surface area (Å²) in [5, 5.41) is 17.9. The summed E-state index contributed by atoms with van der Waals surface area (Å²) in [6.45, 7) is 0. The molecule has 0 aliphatic heterocycles. The van der Waals surface area contributed by atoms with Crippen LogP contribution in [0.1, 0.15) is 23.7 Å². The summed E-state index contributed by atoms with van der Waals surface area (Å²) in [7, 11) is 0. The highest BCUT2D eigenvalue weighted by atomic mass is 16.4. The highest BCUT2D eigenvalue weighted by molar-refractivity contribution is 5.67. The molecule has 0 fully saturated rings. The van der Waals surface area contributed by atoms with E-state index >= 15 is 0 Å². The van der Waals surface area contributed by atoms with Gasteiger partial charge in [-0.25, -0.2) is 0 Å². The van der Waals surface area contributed by atoms with Gasteiger partial charge >= 0.3 is 5.97 Å². The lowest BCUT2D eigenvalue weighted by Gasteiger charge is -2.07. The summed E-state index contributed by atoms with van der Waals surface area (Å²) < 4.78 is 0. The average molecular weight is 190 g/mol. The van der Waals surface area contributed by atoms with E-state index in [1.807, 2.05) is 0 Å². The van der Waals surface area contributed by atoms with Crippen molar-refractivity contribution in [3.05, 3.63) is 35.4 Å². The Labute approximate surface area is 82.0 Å². The SMILES string of the molecule is C#Cc1cccc([C@@H](O)CC(=O)O)c1. The Morgan fingerprint density at radius 2 is 2.29 bits per heavy atom. The van der Waals surface area contributed by atoms with Gasteiger partial charge in [0.15, 0.2) is 0 Å². The fourth-order valence-electron chi connectivity index (χ4n) is 1.12. The van der Waals surface area contributed by atoms with Crippen LogP contribution in [0.15, 0.2) is 24.3 Å². The van der Waals surface area contributed by atoms with E-state index in [9.17, 15) is 9.90 Å². The Balaban J connectivity index is 2.85. The first-order valence-corrected chi connectivity index (χ1v) is 4.10. The zero-order chi connectivity index (χ0) is 10.6. The number of terminal acetylenes is 1. The Morgan fingerprint density at radius 3 is 2.86 bits per heavy atom. The molecule has 0 aromatic heterocycles. The molecule has 0 amide bonds. The number of carbonyl (C=O) groups is 1. The van der Waals surface area contributed by atoms with Gasteiger partial charge in [-0.15, -0.1) is 6.42 Å². The maximum Gasteiger partial charge on any atom is 0.306 e. The minimum Gasteiger partial charge on any atom is -0.481 e. The molecule has 2 N–H and O–H groups in total. The third-order valence-electron chi connectivity index (χ3n) is 1.81. The minimum absolute atomic E-state index is 0.311. The maximum atomic E-state index is 10.3. The van der Waals surface area contributed by atoms with Gasteiger partial charge in [0.05, 0.1) is 12.5 Å². The Kier molecular flexibility index (Phi) is 3.27. The van der Waals surface area contributed by atoms with Crippen LogP contribution in [0.3, 0.4) is 0 Å². The molecular weight excluding hydrogens is 180 g/mol. The van der Waals surface area contributed by atoms with Crippen molar-refractivity contribution in [2.75, 3.05) is 0 Å². The monoisotopic (exact) mass is 190 g/mol. The van der Waals surface area contributed by atoms with Gasteiger partial charge < -0.3 is 10.2 Å². The molecule has 0 bridgehead atoms. The van der Waals surface area contributed by atoms with Gasteiger partial charge in [0.2, 0.25) is 0 Å². The zero-order valence-electron chi connectivity index (χ0n) is 7.47. The first kappa shape index (κ1) is 10.3. The van der Waals surface area contributed by atoms with Crippen molar-refractivity contribution in [1.82, 2.24) is 0 Å². The van der Waals surface area contributed by atoms with Gasteiger partial charge in [-0.3, -0.25) is 4.79 Å². The molecule has 3 heteroatoms. The lowest BCUT2D eigenvalue weighted by atomic mass is 10.0. The first-order valence-electron chi connectivity index (χ1n) is 4.10. The normalized spacial score (nSPS) is 11.7. The number of aliphatic hydroxyl groups is 1. The van der Waals surface area contributed by atoms with Gasteiger partial charge in [0.1, 0.15) is 0 Å². The predicted octanol–water partition coefficient (Wildman–Crippen LogP) is 1.18. The number of carboxylic acids is 1. The molecule has 72 valence electrons. The van der Waals surface area contributed by atoms with Gasteiger partial charge in [-0.1, -0.05) is 18.1 Å². The second-order valence-corrected chi connectivity index (χ2v) is 2.88. The van der Waals surface area contributed by atoms with E-state index in [0.29, 0.717) is 11.1 Å². The minimum atomic E-state index is -1.04. The van der Waals surface area contributed by atoms with Crippen LogP contribution in [0, 0.1) is 12.3 Å². The van der Waals surface area contributed by atoms with Crippen LogP contribution in [0.2, 0.25) is 0 Å². The standard InChI is InChI=1S/C11H10O3/c1-2-8-4-3-5-9(6-8)10(12)7-11(13)14/h1,3-6,10,12H,7H2,(H,13,14)/t10-/m0/s1. The van der Waals surface area contributed by atoms with Crippen LogP contribution in [0.5, 0.6) is 0 Å². The number of aliphatic hydroxyl groups excluding tert-OH is 1. The van der Waals surface area contributed by atoms with Crippen LogP contribution in [0.25, 0.3) is 0 Å². The Hall–Kier alpha value is -1.79. The summed E-state index contributed by atoms with van der Waals surface area (Å²) in [6, 6.07) is 6.66. The van der Waals surface area contributed by atoms with Crippen LogP contribution in [-0.2, 0) is 4.79 Å². The number of aliphatic carboxylic acids is 1. The number of rotatable bonds is 3. The summed E-state index contributed by atoms with van der Waals surface area (Å²) in [6.07, 6.45) is 3.86. The summed E-state index contributed by atoms with van der Waals surface area (Å²) >= 11 is 0. The molecule has 0 heterocycles. The van der Waals surface area contributed by atoms with Crippen LogP contribution < -0.4 is 0 Å². The first-order chi connectivity index (χ1) is 6.63. The van der Waals surface area contributed by atoms with Crippen molar-refractivity contribution in [3.63, 3.8) is 0 Å². The van der Waals surface area contributed by atoms with Crippen LogP contribution in [0.4, 0.5) is 0 Å². The van der Waals surface area contributed by atoms with Gasteiger partial charge in [0.25, 0.3) is 0 Å². The number of hydrogen-bond acceptors (Lipinski definition) is 2. The fraction of sp³-hybridized carbons (Fsp3) is 0.182. The third kappa shape index (κ3) is 2.61. The van der Waals surface area contributed by atoms with Crippen molar-refractivity contribution in [2.45, 2.75) is 12.5 Å². The molecule has 3 nitrogen and oxygen atoms in total. The third-order valence-corrected chi connectivity index (χ3v) is 1.81. The van der Waals surface area contributed by atoms with Crippen molar-refractivity contribution in [2.24, 2.45) is 0 Å². The summed E-state index contributed by atoms with van der Waals surface area (Å²) in [4.78, 5) is 10.3. The fourth-order valence-corrected chi connectivity index (χ4v) is 1.12. The predicted molar refractivity (Wildman–Crippen MR) is 51.6 cm³/mol. The molecule has 0 saturated heterocycles. The summed E-state index contributed by atoms with van der Waals surface area (Å²) in [5.74, 6) is 1.38. The quantitative estimate of drug-likeness (QED) is 0.703. The Morgan fingerprint density at radius 1 is 1.57 bits per heavy atom. The van der Waals surface area contributed by atoms with E-state index in [2.05, 4.69) is 5.92 Å². The molecule has 14 heavy (non-hydrogen) atoms. The van der Waals surface area contributed by atoms with Gasteiger partial charge in [0, 0.05) is 5.56 Å². The molecule has 0 radical (unpaired) electrons. The summed E-state index contributed by atoms with van der Waals surface area (Å²) in [5.41, 5.74) is 1.16. The number of benzene rings is 1. The van der Waals surface area contributed by atoms with Crippen molar-refractivity contribution in [1.29, 1.82) is 0 Å². The molecule has 0 unspecified atom stereocenters. The molecule has 0 aliphatic rings. The molecule has 0 saturated carbocycles. The van der Waals surface area contributed by atoms with Crippen LogP contribution >= 0.6 is 0 Å². The number of hydrogen-bond donors (Lipinski definition) is 2. The molecule has 0 aliphatic carbocycles. The average Bonchev–Trinajstić information content (AvgIpc) is 2.17. The second kappa shape index (κ2) is 4.45. The van der Waals surface area contributed by atoms with E-state index in [-0.39, 0.29) is 6.42 Å². The molecule has 1 aromatic rings.